The molecule has 0 atom stereocenters. The summed E-state index contributed by atoms with van der Waals surface area (Å²) in [4.78, 5) is 2.62. The second kappa shape index (κ2) is 11.8. The van der Waals surface area contributed by atoms with Gasteiger partial charge < -0.3 is 10.1 Å². The molecule has 0 radical (unpaired) electrons. The van der Waals surface area contributed by atoms with Crippen molar-refractivity contribution in [2.75, 3.05) is 19.6 Å². The van der Waals surface area contributed by atoms with E-state index in [4.69, 9.17) is 0 Å². The van der Waals surface area contributed by atoms with E-state index in [1.165, 1.54) is 42.6 Å². The van der Waals surface area contributed by atoms with Crippen molar-refractivity contribution in [2.45, 2.75) is 44.9 Å². The third-order valence-electron chi connectivity index (χ3n) is 7.06. The lowest BCUT2D eigenvalue weighted by atomic mass is 9.76. The first-order valence-electron chi connectivity index (χ1n) is 12.3. The summed E-state index contributed by atoms with van der Waals surface area (Å²) >= 11 is 0. The average Bonchev–Trinajstić information content (AvgIpc) is 2.87. The molecule has 0 aliphatic carbocycles. The molecule has 3 aromatic rings. The quantitative estimate of drug-likeness (QED) is 0.170. The SMILES string of the molecule is Cc1ccc(C(CCCCN2CCC(C(c3ccccc3)c3ccccc3)CC2)=NO)cc1. The van der Waals surface area contributed by atoms with Crippen LogP contribution in [0.25, 0.3) is 0 Å². The van der Waals surface area contributed by atoms with Crippen molar-refractivity contribution < 1.29 is 5.21 Å². The fourth-order valence-corrected chi connectivity index (χ4v) is 5.19. The predicted molar refractivity (Wildman–Crippen MR) is 137 cm³/mol. The second-order valence-electron chi connectivity index (χ2n) is 9.35. The van der Waals surface area contributed by atoms with Crippen molar-refractivity contribution >= 4 is 5.71 Å². The van der Waals surface area contributed by atoms with E-state index in [1.807, 2.05) is 12.1 Å². The molecule has 1 fully saturated rings. The number of rotatable bonds is 9. The largest absolute Gasteiger partial charge is 0.411 e. The molecule has 4 rings (SSSR count). The highest BCUT2D eigenvalue weighted by atomic mass is 16.4. The smallest absolute Gasteiger partial charge is 0.0867 e. The summed E-state index contributed by atoms with van der Waals surface area (Å²) in [7, 11) is 0. The number of unbranched alkanes of at least 4 members (excludes halogenated alkanes) is 1. The summed E-state index contributed by atoms with van der Waals surface area (Å²) in [6, 6.07) is 30.3. The molecule has 0 amide bonds. The molecule has 1 aliphatic rings. The molecule has 3 aromatic carbocycles. The van der Waals surface area contributed by atoms with Crippen LogP contribution in [0.3, 0.4) is 0 Å². The zero-order valence-corrected chi connectivity index (χ0v) is 19.7. The molecule has 0 bridgehead atoms. The van der Waals surface area contributed by atoms with E-state index in [1.54, 1.807) is 0 Å². The van der Waals surface area contributed by atoms with Gasteiger partial charge in [0.15, 0.2) is 0 Å². The van der Waals surface area contributed by atoms with Crippen molar-refractivity contribution in [2.24, 2.45) is 11.1 Å². The van der Waals surface area contributed by atoms with Crippen molar-refractivity contribution in [3.05, 3.63) is 107 Å². The normalized spacial score (nSPS) is 15.8. The van der Waals surface area contributed by atoms with Gasteiger partial charge in [0.2, 0.25) is 0 Å². The lowest BCUT2D eigenvalue weighted by molar-refractivity contribution is 0.173. The molecule has 0 unspecified atom stereocenters. The van der Waals surface area contributed by atoms with Gasteiger partial charge in [0.05, 0.1) is 5.71 Å². The maximum atomic E-state index is 9.44. The van der Waals surface area contributed by atoms with Gasteiger partial charge in [-0.3, -0.25) is 0 Å². The molecule has 3 heteroatoms. The summed E-state index contributed by atoms with van der Waals surface area (Å²) < 4.78 is 0. The van der Waals surface area contributed by atoms with Gasteiger partial charge >= 0.3 is 0 Å². The molecule has 1 heterocycles. The molecule has 1 N–H and O–H groups in total. The van der Waals surface area contributed by atoms with Gasteiger partial charge in [-0.25, -0.2) is 0 Å². The van der Waals surface area contributed by atoms with Crippen LogP contribution in [0.2, 0.25) is 0 Å². The first kappa shape index (κ1) is 23.3. The third-order valence-corrected chi connectivity index (χ3v) is 7.06. The molecule has 172 valence electrons. The Kier molecular flexibility index (Phi) is 8.32. The van der Waals surface area contributed by atoms with Gasteiger partial charge in [-0.15, -0.1) is 0 Å². The van der Waals surface area contributed by atoms with Crippen LogP contribution < -0.4 is 0 Å². The van der Waals surface area contributed by atoms with Crippen molar-refractivity contribution in [3.63, 3.8) is 0 Å². The average molecular weight is 441 g/mol. The zero-order chi connectivity index (χ0) is 22.9. The summed E-state index contributed by atoms with van der Waals surface area (Å²) in [5.41, 5.74) is 5.92. The number of nitrogens with zero attached hydrogens (tertiary/aromatic N) is 2. The van der Waals surface area contributed by atoms with Gasteiger partial charge in [0.25, 0.3) is 0 Å². The first-order valence-corrected chi connectivity index (χ1v) is 12.3. The molecular weight excluding hydrogens is 404 g/mol. The van der Waals surface area contributed by atoms with Crippen LogP contribution in [-0.2, 0) is 0 Å². The van der Waals surface area contributed by atoms with Gasteiger partial charge in [-0.1, -0.05) is 95.6 Å². The van der Waals surface area contributed by atoms with E-state index in [2.05, 4.69) is 89.8 Å². The van der Waals surface area contributed by atoms with Crippen LogP contribution >= 0.6 is 0 Å². The standard InChI is InChI=1S/C30H36N2O/c1-24-15-17-25(18-16-24)29(31-33)14-8-9-21-32-22-19-28(20-23-32)30(26-10-4-2-5-11-26)27-12-6-3-7-13-27/h2-7,10-13,15-18,28,30,33H,8-9,14,19-23H2,1H3. The molecular formula is C30H36N2O. The second-order valence-corrected chi connectivity index (χ2v) is 9.35. The summed E-state index contributed by atoms with van der Waals surface area (Å²) in [5.74, 6) is 1.16. The zero-order valence-electron chi connectivity index (χ0n) is 19.7. The van der Waals surface area contributed by atoms with Crippen molar-refractivity contribution in [3.8, 4) is 0 Å². The molecule has 33 heavy (non-hydrogen) atoms. The van der Waals surface area contributed by atoms with E-state index >= 15 is 0 Å². The third kappa shape index (κ3) is 6.33. The van der Waals surface area contributed by atoms with Gasteiger partial charge in [-0.2, -0.15) is 0 Å². The topological polar surface area (TPSA) is 35.8 Å². The van der Waals surface area contributed by atoms with Gasteiger partial charge in [-0.05, 0) is 81.3 Å². The van der Waals surface area contributed by atoms with Crippen LogP contribution in [0, 0.1) is 12.8 Å². The Bertz CT molecular complexity index is 951. The molecule has 0 saturated carbocycles. The summed E-state index contributed by atoms with van der Waals surface area (Å²) in [6.07, 6.45) is 5.47. The van der Waals surface area contributed by atoms with Crippen molar-refractivity contribution in [1.29, 1.82) is 0 Å². The molecule has 3 nitrogen and oxygen atoms in total. The van der Waals surface area contributed by atoms with E-state index < -0.39 is 0 Å². The van der Waals surface area contributed by atoms with Gasteiger partial charge in [0, 0.05) is 5.92 Å². The van der Waals surface area contributed by atoms with E-state index in [-0.39, 0.29) is 0 Å². The minimum Gasteiger partial charge on any atom is -0.411 e. The molecule has 1 aliphatic heterocycles. The lowest BCUT2D eigenvalue weighted by Gasteiger charge is -2.36. The Labute approximate surface area is 198 Å². The number of hydrogen-bond acceptors (Lipinski definition) is 3. The van der Waals surface area contributed by atoms with E-state index in [9.17, 15) is 5.21 Å². The summed E-state index contributed by atoms with van der Waals surface area (Å²) in [5, 5.41) is 13.0. The Morgan fingerprint density at radius 2 is 1.42 bits per heavy atom. The Morgan fingerprint density at radius 3 is 1.97 bits per heavy atom. The van der Waals surface area contributed by atoms with E-state index in [0.29, 0.717) is 11.8 Å². The highest BCUT2D eigenvalue weighted by Crippen LogP contribution is 2.37. The van der Waals surface area contributed by atoms with Crippen LogP contribution in [-0.4, -0.2) is 35.5 Å². The minimum absolute atomic E-state index is 0.479. The highest BCUT2D eigenvalue weighted by Gasteiger charge is 2.28. The number of hydrogen-bond donors (Lipinski definition) is 1. The van der Waals surface area contributed by atoms with Gasteiger partial charge in [0.1, 0.15) is 0 Å². The maximum absolute atomic E-state index is 9.44. The molecule has 0 aromatic heterocycles. The number of likely N-dealkylation sites (tertiary alicyclic amines) is 1. The first-order chi connectivity index (χ1) is 16.2. The Hall–Kier alpha value is -2.91. The maximum Gasteiger partial charge on any atom is 0.0867 e. The fourth-order valence-electron chi connectivity index (χ4n) is 5.19. The Balaban J connectivity index is 1.27. The number of benzene rings is 3. The highest BCUT2D eigenvalue weighted by molar-refractivity contribution is 6.00. The van der Waals surface area contributed by atoms with Crippen LogP contribution in [0.15, 0.2) is 90.1 Å². The lowest BCUT2D eigenvalue weighted by Crippen LogP contribution is -2.36. The molecule has 0 spiro atoms. The Morgan fingerprint density at radius 1 is 0.848 bits per heavy atom. The molecule has 1 saturated heterocycles. The predicted octanol–water partition coefficient (Wildman–Crippen LogP) is 6.89. The number of aryl methyl sites for hydroxylation is 1. The van der Waals surface area contributed by atoms with Crippen LogP contribution in [0.5, 0.6) is 0 Å². The van der Waals surface area contributed by atoms with Crippen LogP contribution in [0.1, 0.15) is 60.3 Å². The fraction of sp³-hybridized carbons (Fsp3) is 0.367. The number of piperidine rings is 1. The van der Waals surface area contributed by atoms with E-state index in [0.717, 1.165) is 37.1 Å². The van der Waals surface area contributed by atoms with Crippen LogP contribution in [0.4, 0.5) is 0 Å². The monoisotopic (exact) mass is 440 g/mol. The minimum atomic E-state index is 0.479. The number of oxime groups is 1. The summed E-state index contributed by atoms with van der Waals surface area (Å²) in [6.45, 7) is 5.53. The van der Waals surface area contributed by atoms with Crippen molar-refractivity contribution in [1.82, 2.24) is 4.90 Å².